The Morgan fingerprint density at radius 2 is 1.25 bits per heavy atom. The molecule has 0 heterocycles. The van der Waals surface area contributed by atoms with E-state index in [0.29, 0.717) is 39.3 Å². The van der Waals surface area contributed by atoms with E-state index in [1.54, 1.807) is 13.8 Å². The number of hydrogen-bond donors (Lipinski definition) is 0. The van der Waals surface area contributed by atoms with E-state index in [-0.39, 0.29) is 11.9 Å². The van der Waals surface area contributed by atoms with Crippen molar-refractivity contribution >= 4 is 48.1 Å². The predicted molar refractivity (Wildman–Crippen MR) is 112 cm³/mol. The van der Waals surface area contributed by atoms with Gasteiger partial charge in [-0.3, -0.25) is 0 Å². The molecule has 10 heteroatoms. The van der Waals surface area contributed by atoms with Gasteiger partial charge < -0.3 is 13.9 Å². The molecule has 0 spiro atoms. The van der Waals surface area contributed by atoms with Gasteiger partial charge in [0.25, 0.3) is 0 Å². The van der Waals surface area contributed by atoms with Gasteiger partial charge in [0.2, 0.25) is 0 Å². The normalized spacial score (nSPS) is 10.2. The van der Waals surface area contributed by atoms with E-state index in [4.69, 9.17) is 27.4 Å². The van der Waals surface area contributed by atoms with Crippen LogP contribution >= 0.6 is 17.5 Å². The summed E-state index contributed by atoms with van der Waals surface area (Å²) in [6.07, 6.45) is 4.76. The second-order valence-corrected chi connectivity index (χ2v) is 16.1. The summed E-state index contributed by atoms with van der Waals surface area (Å²) in [6, 6.07) is 0. The Morgan fingerprint density at radius 3 is 1.57 bits per heavy atom. The van der Waals surface area contributed by atoms with E-state index >= 15 is 0 Å². The standard InChI is InChI=1S/C8H18O3P.2C5H9O2.ClH.Sn/c1-3-5-7-10-12(9)11-8-6-4-2;2*1-3-5(6)7-4-2;;/h3-8H2,1-2H3;2*1,3-4H2,2H3;1H;/q-1;;;;+2/p-1. The molecule has 28 heavy (non-hydrogen) atoms. The third kappa shape index (κ3) is 24.4. The van der Waals surface area contributed by atoms with Crippen LogP contribution in [0.3, 0.4) is 0 Å². The second kappa shape index (κ2) is 23.6. The van der Waals surface area contributed by atoms with Gasteiger partial charge in [-0.2, -0.15) is 0 Å². The van der Waals surface area contributed by atoms with Crippen molar-refractivity contribution in [2.75, 3.05) is 26.4 Å². The molecule has 0 bridgehead atoms. The molecule has 0 N–H and O–H groups in total. The summed E-state index contributed by atoms with van der Waals surface area (Å²) in [5, 5.41) is 0. The first-order chi connectivity index (χ1) is 13.4. The molecule has 0 atom stereocenters. The summed E-state index contributed by atoms with van der Waals surface area (Å²) in [7, 11) is 4.30. The van der Waals surface area contributed by atoms with Crippen molar-refractivity contribution in [2.45, 2.75) is 75.1 Å². The summed E-state index contributed by atoms with van der Waals surface area (Å²) in [6.45, 7) is 9.57. The maximum atomic E-state index is 11.0. The van der Waals surface area contributed by atoms with Crippen molar-refractivity contribution in [1.29, 1.82) is 0 Å². The molecule has 0 aliphatic heterocycles. The molecule has 166 valence electrons. The third-order valence-corrected chi connectivity index (χ3v) is 11.0. The topological polar surface area (TPSA) is 94.1 Å². The molecule has 0 fully saturated rings. The van der Waals surface area contributed by atoms with Crippen LogP contribution in [0.2, 0.25) is 8.87 Å². The number of unbranched alkanes of at least 4 members (excludes halogenated alkanes) is 2. The van der Waals surface area contributed by atoms with Gasteiger partial charge in [-0.25, -0.2) is 0 Å². The molecule has 0 unspecified atom stereocenters. The fourth-order valence-corrected chi connectivity index (χ4v) is 7.00. The summed E-state index contributed by atoms with van der Waals surface area (Å²) in [5.74, 6) is -0.394. The van der Waals surface area contributed by atoms with E-state index in [0.717, 1.165) is 34.6 Å². The Bertz CT molecular complexity index is 346. The minimum absolute atomic E-state index is 0.197. The number of halogens is 1. The molecule has 0 aromatic heterocycles. The van der Waals surface area contributed by atoms with Gasteiger partial charge in [-0.15, -0.1) is 0 Å². The Labute approximate surface area is 182 Å². The molecule has 0 saturated heterocycles. The number of ether oxygens (including phenoxy) is 2. The van der Waals surface area contributed by atoms with Gasteiger partial charge in [0, 0.05) is 0 Å². The van der Waals surface area contributed by atoms with Crippen LogP contribution in [-0.2, 0) is 28.1 Å². The SMILES string of the molecule is CCCCOP([O-])OCCCC.CCOC(=O)C[CH2][Sn+]([Cl])[CH2]CC(=O)OCC. The molecule has 0 radical (unpaired) electrons. The molecule has 0 aromatic carbocycles. The molecular weight excluding hydrogens is 513 g/mol. The van der Waals surface area contributed by atoms with Crippen LogP contribution in [0.15, 0.2) is 0 Å². The van der Waals surface area contributed by atoms with Crippen LogP contribution in [-0.4, -0.2) is 57.0 Å². The molecular formula is C18H36ClO7PSn. The van der Waals surface area contributed by atoms with Crippen molar-refractivity contribution < 1.29 is 33.0 Å². The maximum absolute atomic E-state index is 11.0. The van der Waals surface area contributed by atoms with E-state index in [9.17, 15) is 14.5 Å². The van der Waals surface area contributed by atoms with Crippen molar-refractivity contribution in [3.63, 3.8) is 0 Å². The van der Waals surface area contributed by atoms with Gasteiger partial charge >= 0.3 is 107 Å². The first kappa shape index (κ1) is 30.5. The second-order valence-electron chi connectivity index (χ2n) is 5.72. The first-order valence-corrected chi connectivity index (χ1v) is 18.7. The zero-order valence-electron chi connectivity index (χ0n) is 17.7. The molecule has 0 aliphatic carbocycles. The van der Waals surface area contributed by atoms with Crippen LogP contribution in [0.5, 0.6) is 0 Å². The van der Waals surface area contributed by atoms with Gasteiger partial charge in [0.05, 0.1) is 21.8 Å². The van der Waals surface area contributed by atoms with Gasteiger partial charge in [-0.05, 0) is 12.8 Å². The third-order valence-electron chi connectivity index (χ3n) is 3.20. The molecule has 0 aromatic rings. The molecule has 0 rings (SSSR count). The van der Waals surface area contributed by atoms with Gasteiger partial charge in [0.15, 0.2) is 0 Å². The van der Waals surface area contributed by atoms with Crippen molar-refractivity contribution in [1.82, 2.24) is 0 Å². The molecule has 0 aliphatic rings. The summed E-state index contributed by atoms with van der Waals surface area (Å²) >= 11 is -2.04. The van der Waals surface area contributed by atoms with Crippen molar-refractivity contribution in [3.05, 3.63) is 0 Å². The van der Waals surface area contributed by atoms with Gasteiger partial charge in [-0.1, -0.05) is 26.7 Å². The van der Waals surface area contributed by atoms with Crippen LogP contribution in [0, 0.1) is 0 Å². The summed E-state index contributed by atoms with van der Waals surface area (Å²) < 4.78 is 20.9. The van der Waals surface area contributed by atoms with E-state index in [1.165, 1.54) is 0 Å². The average molecular weight is 550 g/mol. The fraction of sp³-hybridized carbons (Fsp3) is 0.889. The van der Waals surface area contributed by atoms with Crippen LogP contribution in [0.1, 0.15) is 66.2 Å². The summed E-state index contributed by atoms with van der Waals surface area (Å²) in [5.41, 5.74) is 0. The fourth-order valence-electron chi connectivity index (χ4n) is 1.67. The van der Waals surface area contributed by atoms with E-state index < -0.39 is 27.2 Å². The van der Waals surface area contributed by atoms with Crippen LogP contribution in [0.4, 0.5) is 0 Å². The van der Waals surface area contributed by atoms with Crippen LogP contribution in [0.25, 0.3) is 0 Å². The number of esters is 2. The average Bonchev–Trinajstić information content (AvgIpc) is 2.66. The quantitative estimate of drug-likeness (QED) is 0.122. The Balaban J connectivity index is 0. The molecule has 0 saturated carbocycles. The van der Waals surface area contributed by atoms with Gasteiger partial charge in [0.1, 0.15) is 0 Å². The molecule has 7 nitrogen and oxygen atoms in total. The number of rotatable bonds is 16. The predicted octanol–water partition coefficient (Wildman–Crippen LogP) is 4.33. The number of carbonyl (C=O) groups excluding carboxylic acids is 2. The number of carbonyl (C=O) groups is 2. The van der Waals surface area contributed by atoms with Crippen molar-refractivity contribution in [2.24, 2.45) is 0 Å². The number of hydrogen-bond acceptors (Lipinski definition) is 7. The van der Waals surface area contributed by atoms with Crippen molar-refractivity contribution in [3.8, 4) is 0 Å². The summed E-state index contributed by atoms with van der Waals surface area (Å²) in [4.78, 5) is 33.0. The van der Waals surface area contributed by atoms with Crippen LogP contribution < -0.4 is 4.89 Å². The first-order valence-electron chi connectivity index (χ1n) is 9.95. The zero-order chi connectivity index (χ0) is 21.6. The van der Waals surface area contributed by atoms with E-state index in [2.05, 4.69) is 13.8 Å². The Hall–Kier alpha value is 0.339. The molecule has 0 amide bonds. The minimum atomic E-state index is -2.04. The van der Waals surface area contributed by atoms with E-state index in [1.807, 2.05) is 0 Å². The monoisotopic (exact) mass is 550 g/mol. The Kier molecular flexibility index (Phi) is 25.8. The Morgan fingerprint density at radius 1 is 0.857 bits per heavy atom. The zero-order valence-corrected chi connectivity index (χ0v) is 22.2.